The lowest BCUT2D eigenvalue weighted by molar-refractivity contribution is 0.0689. The van der Waals surface area contributed by atoms with Crippen molar-refractivity contribution in [3.05, 3.63) is 17.2 Å². The van der Waals surface area contributed by atoms with Gasteiger partial charge in [0.1, 0.15) is 5.82 Å². The summed E-state index contributed by atoms with van der Waals surface area (Å²) in [6, 6.07) is 0. The van der Waals surface area contributed by atoms with Gasteiger partial charge in [-0.3, -0.25) is 0 Å². The lowest BCUT2D eigenvalue weighted by Gasteiger charge is -1.99. The molecule has 0 bridgehead atoms. The first-order valence-corrected chi connectivity index (χ1v) is 5.40. The van der Waals surface area contributed by atoms with E-state index in [2.05, 4.69) is 23.8 Å². The molecule has 1 aromatic rings. The topological polar surface area (TPSA) is 66.0 Å². The predicted molar refractivity (Wildman–Crippen MR) is 56.1 cm³/mol. The third-order valence-electron chi connectivity index (χ3n) is 2.57. The minimum Gasteiger partial charge on any atom is -0.476 e. The number of imidazole rings is 1. The second-order valence-electron chi connectivity index (χ2n) is 4.62. The Morgan fingerprint density at radius 2 is 2.27 bits per heavy atom. The quantitative estimate of drug-likeness (QED) is 0.797. The number of hydrogen-bond acceptors (Lipinski definition) is 2. The number of hydrogen-bond donors (Lipinski definition) is 2. The third-order valence-corrected chi connectivity index (χ3v) is 2.57. The average molecular weight is 208 g/mol. The summed E-state index contributed by atoms with van der Waals surface area (Å²) in [4.78, 5) is 18.3. The zero-order chi connectivity index (χ0) is 11.0. The molecule has 0 aromatic carbocycles. The van der Waals surface area contributed by atoms with Gasteiger partial charge in [-0.25, -0.2) is 9.78 Å². The predicted octanol–water partition coefficient (Wildman–Crippen LogP) is 2.18. The van der Waals surface area contributed by atoms with Crippen molar-refractivity contribution in [2.75, 3.05) is 0 Å². The first-order chi connectivity index (χ1) is 7.08. The molecule has 0 saturated heterocycles. The average Bonchev–Trinajstić information content (AvgIpc) is 2.87. The molecule has 0 unspecified atom stereocenters. The minimum absolute atomic E-state index is 0.230. The number of nitrogens with one attached hydrogen (secondary N) is 1. The molecule has 1 heterocycles. The van der Waals surface area contributed by atoms with Crippen LogP contribution in [0.5, 0.6) is 0 Å². The molecule has 82 valence electrons. The van der Waals surface area contributed by atoms with Gasteiger partial charge < -0.3 is 10.1 Å². The smallest absolute Gasteiger partial charge is 0.356 e. The Hall–Kier alpha value is -1.32. The highest BCUT2D eigenvalue weighted by Gasteiger charge is 2.31. The number of H-pyrrole nitrogens is 1. The summed E-state index contributed by atoms with van der Waals surface area (Å²) in [5, 5.41) is 9.01. The van der Waals surface area contributed by atoms with E-state index in [-0.39, 0.29) is 5.69 Å². The maximum Gasteiger partial charge on any atom is 0.356 e. The second-order valence-corrected chi connectivity index (χ2v) is 4.62. The molecule has 2 rings (SSSR count). The van der Waals surface area contributed by atoms with Gasteiger partial charge in [0.05, 0.1) is 5.69 Å². The number of aromatic nitrogens is 2. The highest BCUT2D eigenvalue weighted by Crippen LogP contribution is 2.40. The third kappa shape index (κ3) is 2.19. The largest absolute Gasteiger partial charge is 0.476 e. The Balaban J connectivity index is 2.27. The van der Waals surface area contributed by atoms with Crippen LogP contribution < -0.4 is 0 Å². The zero-order valence-electron chi connectivity index (χ0n) is 9.08. The molecule has 1 aromatic heterocycles. The van der Waals surface area contributed by atoms with E-state index in [1.165, 1.54) is 0 Å². The van der Waals surface area contributed by atoms with Crippen LogP contribution in [0.15, 0.2) is 0 Å². The van der Waals surface area contributed by atoms with Crippen LogP contribution in [0.2, 0.25) is 0 Å². The highest BCUT2D eigenvalue weighted by molar-refractivity contribution is 5.87. The molecular formula is C11H16N2O2. The molecule has 1 fully saturated rings. The molecular weight excluding hydrogens is 192 g/mol. The standard InChI is InChI=1S/C11H16N2O2/c1-6(2)5-8-12-9(7-3-4-7)10(13-8)11(14)15/h6-7H,3-5H2,1-2H3,(H,12,13)(H,14,15). The number of nitrogens with zero attached hydrogens (tertiary/aromatic N) is 1. The minimum atomic E-state index is -0.914. The fourth-order valence-corrected chi connectivity index (χ4v) is 1.75. The summed E-state index contributed by atoms with van der Waals surface area (Å²) < 4.78 is 0. The van der Waals surface area contributed by atoms with Crippen molar-refractivity contribution >= 4 is 5.97 Å². The van der Waals surface area contributed by atoms with Crippen molar-refractivity contribution in [1.82, 2.24) is 9.97 Å². The Morgan fingerprint density at radius 1 is 1.60 bits per heavy atom. The van der Waals surface area contributed by atoms with E-state index in [4.69, 9.17) is 5.11 Å². The number of carbonyl (C=O) groups is 1. The van der Waals surface area contributed by atoms with Crippen LogP contribution in [0, 0.1) is 5.92 Å². The Morgan fingerprint density at radius 3 is 2.73 bits per heavy atom. The molecule has 0 atom stereocenters. The maximum absolute atomic E-state index is 11.0. The molecule has 1 saturated carbocycles. The van der Waals surface area contributed by atoms with E-state index in [1.807, 2.05) is 0 Å². The molecule has 0 radical (unpaired) electrons. The SMILES string of the molecule is CC(C)Cc1nc(C(=O)O)c(C2CC2)[nH]1. The first-order valence-electron chi connectivity index (χ1n) is 5.40. The summed E-state index contributed by atoms with van der Waals surface area (Å²) in [6.07, 6.45) is 2.99. The summed E-state index contributed by atoms with van der Waals surface area (Å²) in [5.74, 6) is 0.793. The van der Waals surface area contributed by atoms with E-state index < -0.39 is 5.97 Å². The van der Waals surface area contributed by atoms with Crippen LogP contribution in [-0.2, 0) is 6.42 Å². The van der Waals surface area contributed by atoms with Gasteiger partial charge in [-0.05, 0) is 18.8 Å². The maximum atomic E-state index is 11.0. The summed E-state index contributed by atoms with van der Waals surface area (Å²) in [5.41, 5.74) is 1.06. The van der Waals surface area contributed by atoms with Crippen molar-refractivity contribution in [1.29, 1.82) is 0 Å². The van der Waals surface area contributed by atoms with E-state index in [1.54, 1.807) is 0 Å². The van der Waals surface area contributed by atoms with Crippen molar-refractivity contribution in [2.24, 2.45) is 5.92 Å². The van der Waals surface area contributed by atoms with Crippen molar-refractivity contribution in [3.8, 4) is 0 Å². The van der Waals surface area contributed by atoms with Gasteiger partial charge >= 0.3 is 5.97 Å². The molecule has 1 aliphatic carbocycles. The van der Waals surface area contributed by atoms with Gasteiger partial charge in [0.2, 0.25) is 0 Å². The van der Waals surface area contributed by atoms with Crippen LogP contribution in [0.1, 0.15) is 54.6 Å². The number of carboxylic acid groups (broad SMARTS) is 1. The Labute approximate surface area is 88.7 Å². The van der Waals surface area contributed by atoms with Crippen LogP contribution in [0.3, 0.4) is 0 Å². The van der Waals surface area contributed by atoms with Crippen LogP contribution >= 0.6 is 0 Å². The normalized spacial score (nSPS) is 15.9. The highest BCUT2D eigenvalue weighted by atomic mass is 16.4. The molecule has 0 aliphatic heterocycles. The van der Waals surface area contributed by atoms with E-state index in [0.29, 0.717) is 11.8 Å². The second kappa shape index (κ2) is 3.68. The summed E-state index contributed by atoms with van der Waals surface area (Å²) >= 11 is 0. The molecule has 15 heavy (non-hydrogen) atoms. The van der Waals surface area contributed by atoms with Gasteiger partial charge in [0, 0.05) is 12.3 Å². The van der Waals surface area contributed by atoms with Crippen molar-refractivity contribution in [2.45, 2.75) is 39.0 Å². The monoisotopic (exact) mass is 208 g/mol. The molecule has 2 N–H and O–H groups in total. The lowest BCUT2D eigenvalue weighted by Crippen LogP contribution is -2.01. The zero-order valence-corrected chi connectivity index (χ0v) is 9.08. The molecule has 0 amide bonds. The van der Waals surface area contributed by atoms with E-state index in [9.17, 15) is 4.79 Å². The molecule has 1 aliphatic rings. The summed E-state index contributed by atoms with van der Waals surface area (Å²) in [7, 11) is 0. The fourth-order valence-electron chi connectivity index (χ4n) is 1.75. The first kappa shape index (κ1) is 10.2. The van der Waals surface area contributed by atoms with Crippen LogP contribution in [0.4, 0.5) is 0 Å². The van der Waals surface area contributed by atoms with E-state index in [0.717, 1.165) is 30.8 Å². The lowest BCUT2D eigenvalue weighted by atomic mass is 10.1. The van der Waals surface area contributed by atoms with Crippen LogP contribution in [0.25, 0.3) is 0 Å². The van der Waals surface area contributed by atoms with Crippen molar-refractivity contribution in [3.63, 3.8) is 0 Å². The summed E-state index contributed by atoms with van der Waals surface area (Å²) in [6.45, 7) is 4.19. The molecule has 4 heteroatoms. The van der Waals surface area contributed by atoms with Crippen molar-refractivity contribution < 1.29 is 9.90 Å². The number of carboxylic acids is 1. The van der Waals surface area contributed by atoms with Gasteiger partial charge in [-0.2, -0.15) is 0 Å². The van der Waals surface area contributed by atoms with Gasteiger partial charge in [-0.15, -0.1) is 0 Å². The fraction of sp³-hybridized carbons (Fsp3) is 0.636. The Kier molecular flexibility index (Phi) is 2.50. The molecule has 0 spiro atoms. The number of aromatic carboxylic acids is 1. The van der Waals surface area contributed by atoms with Gasteiger partial charge in [0.25, 0.3) is 0 Å². The van der Waals surface area contributed by atoms with Gasteiger partial charge in [0.15, 0.2) is 5.69 Å². The molecule has 4 nitrogen and oxygen atoms in total. The van der Waals surface area contributed by atoms with E-state index >= 15 is 0 Å². The number of rotatable bonds is 4. The number of aromatic amines is 1. The van der Waals surface area contributed by atoms with Crippen LogP contribution in [-0.4, -0.2) is 21.0 Å². The Bertz CT molecular complexity index is 378. The van der Waals surface area contributed by atoms with Gasteiger partial charge in [-0.1, -0.05) is 13.8 Å².